The van der Waals surface area contributed by atoms with Gasteiger partial charge in [0.2, 0.25) is 5.95 Å². The fourth-order valence-corrected chi connectivity index (χ4v) is 4.20. The molecule has 36 heavy (non-hydrogen) atoms. The second kappa shape index (κ2) is 9.50. The summed E-state index contributed by atoms with van der Waals surface area (Å²) < 4.78 is 22.3. The molecule has 5 rings (SSSR count). The Bertz CT molecular complexity index is 1580. The number of hydrogen-bond donors (Lipinski definition) is 2. The zero-order valence-electron chi connectivity index (χ0n) is 20.3. The lowest BCUT2D eigenvalue weighted by Crippen LogP contribution is -2.09. The number of allylic oxidation sites excluding steroid dienone is 1. The number of methoxy groups -OCH3 is 3. The highest BCUT2D eigenvalue weighted by Gasteiger charge is 2.16. The molecule has 0 aliphatic heterocycles. The van der Waals surface area contributed by atoms with Gasteiger partial charge >= 0.3 is 0 Å². The molecule has 0 unspecified atom stereocenters. The number of hydrogen-bond acceptors (Lipinski definition) is 6. The lowest BCUT2D eigenvalue weighted by atomic mass is 9.99. The van der Waals surface area contributed by atoms with Gasteiger partial charge in [-0.05, 0) is 48.4 Å². The van der Waals surface area contributed by atoms with E-state index in [-0.39, 0.29) is 5.91 Å². The molecule has 0 spiro atoms. The van der Waals surface area contributed by atoms with Crippen molar-refractivity contribution in [3.63, 3.8) is 0 Å². The van der Waals surface area contributed by atoms with Gasteiger partial charge in [-0.1, -0.05) is 18.2 Å². The number of H-pyrrole nitrogens is 1. The summed E-state index contributed by atoms with van der Waals surface area (Å²) >= 11 is 0. The molecule has 0 bridgehead atoms. The van der Waals surface area contributed by atoms with E-state index >= 15 is 0 Å². The van der Waals surface area contributed by atoms with E-state index in [0.717, 1.165) is 38.7 Å². The van der Waals surface area contributed by atoms with E-state index in [0.29, 0.717) is 28.8 Å². The lowest BCUT2D eigenvalue weighted by molar-refractivity contribution is -0.111. The van der Waals surface area contributed by atoms with Crippen molar-refractivity contribution >= 4 is 39.4 Å². The smallest absolute Gasteiger partial charge is 0.250 e. The Morgan fingerprint density at radius 3 is 2.50 bits per heavy atom. The minimum absolute atomic E-state index is 0.305. The van der Waals surface area contributed by atoms with Gasteiger partial charge in [-0.25, -0.2) is 4.98 Å². The summed E-state index contributed by atoms with van der Waals surface area (Å²) in [5.41, 5.74) is 5.59. The summed E-state index contributed by atoms with van der Waals surface area (Å²) in [5.74, 6) is 1.95. The number of nitrogens with one attached hydrogen (secondary N) is 2. The van der Waals surface area contributed by atoms with E-state index in [1.54, 1.807) is 27.6 Å². The largest absolute Gasteiger partial charge is 0.496 e. The van der Waals surface area contributed by atoms with Crippen molar-refractivity contribution in [1.82, 2.24) is 9.97 Å². The van der Waals surface area contributed by atoms with Gasteiger partial charge in [0.1, 0.15) is 11.3 Å². The number of aromatic amines is 1. The molecule has 0 aliphatic carbocycles. The molecule has 2 aromatic heterocycles. The first-order chi connectivity index (χ1) is 17.5. The highest BCUT2D eigenvalue weighted by molar-refractivity contribution is 6.05. The van der Waals surface area contributed by atoms with E-state index in [4.69, 9.17) is 18.6 Å². The van der Waals surface area contributed by atoms with Crippen LogP contribution in [0, 0.1) is 0 Å². The zero-order chi connectivity index (χ0) is 25.2. The highest BCUT2D eigenvalue weighted by Crippen LogP contribution is 2.39. The summed E-state index contributed by atoms with van der Waals surface area (Å²) in [4.78, 5) is 20.3. The van der Waals surface area contributed by atoms with Crippen LogP contribution in [-0.4, -0.2) is 37.2 Å². The van der Waals surface area contributed by atoms with Gasteiger partial charge < -0.3 is 23.6 Å². The molecule has 0 aliphatic rings. The number of carbonyl (C=O) groups is 1. The average molecular weight is 484 g/mol. The molecule has 8 heteroatoms. The van der Waals surface area contributed by atoms with Crippen molar-refractivity contribution in [1.29, 1.82) is 0 Å². The monoisotopic (exact) mass is 483 g/mol. The first-order valence-electron chi connectivity index (χ1n) is 11.3. The molecule has 3 aromatic carbocycles. The van der Waals surface area contributed by atoms with Crippen LogP contribution < -0.4 is 19.5 Å². The number of fused-ring (bicyclic) bond motifs is 2. The highest BCUT2D eigenvalue weighted by atomic mass is 16.5. The third kappa shape index (κ3) is 4.24. The Morgan fingerprint density at radius 2 is 1.75 bits per heavy atom. The van der Waals surface area contributed by atoms with Crippen molar-refractivity contribution < 1.29 is 23.4 Å². The van der Waals surface area contributed by atoms with Crippen LogP contribution in [0.5, 0.6) is 17.2 Å². The molecular weight excluding hydrogens is 458 g/mol. The van der Waals surface area contributed by atoms with Crippen molar-refractivity contribution in [2.45, 2.75) is 6.92 Å². The number of carbonyl (C=O) groups excluding carboxylic acids is 1. The minimum Gasteiger partial charge on any atom is -0.496 e. The zero-order valence-corrected chi connectivity index (χ0v) is 20.3. The van der Waals surface area contributed by atoms with Gasteiger partial charge in [-0.2, -0.15) is 0 Å². The molecule has 182 valence electrons. The summed E-state index contributed by atoms with van der Waals surface area (Å²) in [6.45, 7) is 1.86. The number of rotatable bonds is 7. The summed E-state index contributed by atoms with van der Waals surface area (Å²) in [6.07, 6.45) is 3.22. The Labute approximate surface area is 207 Å². The predicted molar refractivity (Wildman–Crippen MR) is 140 cm³/mol. The van der Waals surface area contributed by atoms with Crippen LogP contribution in [0.3, 0.4) is 0 Å². The molecule has 0 fully saturated rings. The predicted octanol–water partition coefficient (Wildman–Crippen LogP) is 6.04. The van der Waals surface area contributed by atoms with Gasteiger partial charge in [0, 0.05) is 28.7 Å². The van der Waals surface area contributed by atoms with E-state index in [1.165, 1.54) is 6.08 Å². The number of aromatic nitrogens is 2. The topological polar surface area (TPSA) is 98.6 Å². The molecule has 1 amide bonds. The first-order valence-corrected chi connectivity index (χ1v) is 11.3. The van der Waals surface area contributed by atoms with E-state index < -0.39 is 0 Å². The normalized spacial score (nSPS) is 11.6. The summed E-state index contributed by atoms with van der Waals surface area (Å²) in [6, 6.07) is 17.1. The molecule has 8 nitrogen and oxygen atoms in total. The Kier molecular flexibility index (Phi) is 6.08. The number of para-hydroxylation sites is 2. The second-order valence-electron chi connectivity index (χ2n) is 8.19. The average Bonchev–Trinajstić information content (AvgIpc) is 3.50. The van der Waals surface area contributed by atoms with Crippen molar-refractivity contribution in [2.24, 2.45) is 0 Å². The SMILES string of the molecule is COc1ccc(-c2coc3cc(OC)c(/C(C)=C/C(=O)Nc4nc5ccccc5[nH]4)cc23)cc1OC. The Morgan fingerprint density at radius 1 is 0.972 bits per heavy atom. The van der Waals surface area contributed by atoms with Crippen LogP contribution in [-0.2, 0) is 4.79 Å². The van der Waals surface area contributed by atoms with E-state index in [9.17, 15) is 4.79 Å². The maximum absolute atomic E-state index is 12.8. The molecule has 2 N–H and O–H groups in total. The fourth-order valence-electron chi connectivity index (χ4n) is 4.20. The number of nitrogens with zero attached hydrogens (tertiary/aromatic N) is 1. The number of ether oxygens (including phenoxy) is 3. The Hall–Kier alpha value is -4.72. The van der Waals surface area contributed by atoms with Gasteiger partial charge in [0.25, 0.3) is 5.91 Å². The number of anilines is 1. The maximum Gasteiger partial charge on any atom is 0.250 e. The molecular formula is C28H25N3O5. The molecule has 5 aromatic rings. The number of benzene rings is 3. The number of amides is 1. The van der Waals surface area contributed by atoms with Gasteiger partial charge in [-0.15, -0.1) is 0 Å². The third-order valence-corrected chi connectivity index (χ3v) is 5.99. The number of imidazole rings is 1. The molecule has 0 atom stereocenters. The van der Waals surface area contributed by atoms with Crippen molar-refractivity contribution in [3.05, 3.63) is 72.5 Å². The van der Waals surface area contributed by atoms with E-state index in [2.05, 4.69) is 15.3 Å². The number of furan rings is 1. The van der Waals surface area contributed by atoms with Crippen LogP contribution in [0.2, 0.25) is 0 Å². The molecule has 0 saturated heterocycles. The third-order valence-electron chi connectivity index (χ3n) is 5.99. The quantitative estimate of drug-likeness (QED) is 0.274. The second-order valence-corrected chi connectivity index (χ2v) is 8.19. The van der Waals surface area contributed by atoms with Gasteiger partial charge in [0.05, 0.1) is 38.6 Å². The van der Waals surface area contributed by atoms with Crippen LogP contribution in [0.4, 0.5) is 5.95 Å². The summed E-state index contributed by atoms with van der Waals surface area (Å²) in [7, 11) is 4.79. The lowest BCUT2D eigenvalue weighted by Gasteiger charge is -2.11. The molecule has 0 saturated carbocycles. The molecule has 0 radical (unpaired) electrons. The Balaban J connectivity index is 1.49. The van der Waals surface area contributed by atoms with Gasteiger partial charge in [0.15, 0.2) is 11.5 Å². The van der Waals surface area contributed by atoms with Crippen LogP contribution in [0.15, 0.2) is 71.4 Å². The standard InChI is InChI=1S/C28H25N3O5/c1-16(11-27(32)31-28-29-21-7-5-6-8-22(21)30-28)18-13-19-20(15-36-25(19)14-24(18)34-3)17-9-10-23(33-2)26(12-17)35-4/h5-15H,1-4H3,(H2,29,30,31,32)/b16-11+. The van der Waals surface area contributed by atoms with Gasteiger partial charge in [-0.3, -0.25) is 10.1 Å². The van der Waals surface area contributed by atoms with Crippen LogP contribution in [0.25, 0.3) is 38.7 Å². The van der Waals surface area contributed by atoms with Crippen LogP contribution in [0.1, 0.15) is 12.5 Å². The minimum atomic E-state index is -0.305. The fraction of sp³-hybridized carbons (Fsp3) is 0.143. The van der Waals surface area contributed by atoms with Crippen molar-refractivity contribution in [2.75, 3.05) is 26.6 Å². The van der Waals surface area contributed by atoms with Crippen molar-refractivity contribution in [3.8, 4) is 28.4 Å². The summed E-state index contributed by atoms with van der Waals surface area (Å²) in [5, 5.41) is 3.67. The maximum atomic E-state index is 12.8. The van der Waals surface area contributed by atoms with E-state index in [1.807, 2.05) is 61.5 Å². The molecule has 2 heterocycles. The van der Waals surface area contributed by atoms with Crippen LogP contribution >= 0.6 is 0 Å². The first kappa shape index (κ1) is 23.0.